The Balaban J connectivity index is 1.33. The molecule has 2 saturated carbocycles. The fourth-order valence-corrected chi connectivity index (χ4v) is 7.56. The van der Waals surface area contributed by atoms with Crippen LogP contribution in [0, 0.1) is 5.92 Å². The molecule has 3 amide bonds. The van der Waals surface area contributed by atoms with Gasteiger partial charge in [0.1, 0.15) is 6.54 Å². The van der Waals surface area contributed by atoms with Crippen molar-refractivity contribution in [3.8, 4) is 0 Å². The molecule has 2 aliphatic heterocycles. The van der Waals surface area contributed by atoms with Crippen LogP contribution in [0.1, 0.15) is 44.1 Å². The first kappa shape index (κ1) is 24.6. The predicted octanol–water partition coefficient (Wildman–Crippen LogP) is 2.16. The van der Waals surface area contributed by atoms with Crippen LogP contribution in [-0.4, -0.2) is 104 Å². The Morgan fingerprint density at radius 3 is 2.23 bits per heavy atom. The molecular weight excluding hydrogens is 464 g/mol. The van der Waals surface area contributed by atoms with Crippen LogP contribution in [0.5, 0.6) is 0 Å². The second-order valence-corrected chi connectivity index (χ2v) is 13.5. The van der Waals surface area contributed by atoms with Gasteiger partial charge >= 0.3 is 6.03 Å². The zero-order valence-corrected chi connectivity index (χ0v) is 21.8. The summed E-state index contributed by atoms with van der Waals surface area (Å²) in [7, 11) is 1.25. The average molecular weight is 503 g/mol. The molecule has 4 fully saturated rings. The molecule has 1 spiro atoms. The Hall–Kier alpha value is -2.13. The van der Waals surface area contributed by atoms with Crippen molar-refractivity contribution < 1.29 is 18.0 Å². The fourth-order valence-electron chi connectivity index (χ4n) is 6.36. The van der Waals surface area contributed by atoms with Crippen molar-refractivity contribution in [3.05, 3.63) is 35.9 Å². The fraction of sp³-hybridized carbons (Fsp3) is 0.692. The van der Waals surface area contributed by atoms with E-state index in [1.165, 1.54) is 18.4 Å². The molecule has 5 rings (SSSR count). The van der Waals surface area contributed by atoms with E-state index in [4.69, 9.17) is 0 Å². The highest BCUT2D eigenvalue weighted by molar-refractivity contribution is 7.91. The lowest BCUT2D eigenvalue weighted by Crippen LogP contribution is -2.55. The third-order valence-electron chi connectivity index (χ3n) is 8.90. The molecule has 192 valence electrons. The van der Waals surface area contributed by atoms with Gasteiger partial charge in [-0.25, -0.2) is 13.2 Å². The van der Waals surface area contributed by atoms with Crippen LogP contribution < -0.4 is 0 Å². The summed E-state index contributed by atoms with van der Waals surface area (Å²) >= 11 is 0. The van der Waals surface area contributed by atoms with Crippen LogP contribution in [0.3, 0.4) is 0 Å². The first-order valence-corrected chi connectivity index (χ1v) is 14.7. The summed E-state index contributed by atoms with van der Waals surface area (Å²) in [5.41, 5.74) is 1.04. The third-order valence-corrected chi connectivity index (χ3v) is 10.5. The molecule has 0 unspecified atom stereocenters. The van der Waals surface area contributed by atoms with Crippen LogP contribution in [0.4, 0.5) is 4.79 Å². The number of nitrogens with zero attached hydrogens (tertiary/aromatic N) is 4. The number of urea groups is 1. The van der Waals surface area contributed by atoms with E-state index in [1.54, 1.807) is 9.80 Å². The zero-order chi connectivity index (χ0) is 24.8. The summed E-state index contributed by atoms with van der Waals surface area (Å²) < 4.78 is 23.5. The Morgan fingerprint density at radius 1 is 1.03 bits per heavy atom. The maximum atomic E-state index is 13.6. The molecule has 1 aromatic rings. The van der Waals surface area contributed by atoms with Crippen molar-refractivity contribution in [2.24, 2.45) is 5.92 Å². The quantitative estimate of drug-likeness (QED) is 0.596. The molecule has 9 heteroatoms. The lowest BCUT2D eigenvalue weighted by atomic mass is 9.68. The second-order valence-electron chi connectivity index (χ2n) is 11.2. The first-order valence-electron chi connectivity index (χ1n) is 12.9. The maximum absolute atomic E-state index is 13.6. The molecule has 35 heavy (non-hydrogen) atoms. The summed E-state index contributed by atoms with van der Waals surface area (Å²) in [5, 5.41) is 0. The van der Waals surface area contributed by atoms with Gasteiger partial charge in [-0.2, -0.15) is 0 Å². The molecular formula is C26H38N4O4S. The van der Waals surface area contributed by atoms with E-state index in [0.717, 1.165) is 32.2 Å². The summed E-state index contributed by atoms with van der Waals surface area (Å²) in [6.07, 6.45) is 6.09. The second kappa shape index (κ2) is 9.07. The molecule has 0 atom stereocenters. The minimum atomic E-state index is -3.05. The molecule has 2 saturated heterocycles. The molecule has 0 aromatic heterocycles. The summed E-state index contributed by atoms with van der Waals surface area (Å²) in [5.74, 6) is 0.459. The van der Waals surface area contributed by atoms with Gasteiger partial charge in [-0.05, 0) is 64.1 Å². The highest BCUT2D eigenvalue weighted by atomic mass is 32.2. The van der Waals surface area contributed by atoms with E-state index < -0.39 is 9.84 Å². The number of rotatable bonds is 6. The molecule has 2 aliphatic carbocycles. The normalized spacial score (nSPS) is 30.9. The molecule has 2 heterocycles. The number of benzene rings is 1. The van der Waals surface area contributed by atoms with Crippen molar-refractivity contribution in [2.75, 3.05) is 58.3 Å². The molecule has 1 aromatic carbocycles. The lowest BCUT2D eigenvalue weighted by Gasteiger charge is -2.51. The summed E-state index contributed by atoms with van der Waals surface area (Å²) in [4.78, 5) is 34.4. The monoisotopic (exact) mass is 502 g/mol. The molecule has 0 bridgehead atoms. The van der Waals surface area contributed by atoms with Crippen molar-refractivity contribution in [2.45, 2.75) is 49.6 Å². The molecule has 0 N–H and O–H groups in total. The molecule has 4 aliphatic rings. The SMILES string of the molecule is CN(C)C1(c2ccccc2)CCC2(CC1)CN(CC(=O)N1CCS(=O)(=O)CC1)C(=O)N2CC1CC1. The Labute approximate surface area is 209 Å². The molecule has 0 radical (unpaired) electrons. The zero-order valence-electron chi connectivity index (χ0n) is 21.0. The maximum Gasteiger partial charge on any atom is 0.321 e. The predicted molar refractivity (Wildman–Crippen MR) is 135 cm³/mol. The lowest BCUT2D eigenvalue weighted by molar-refractivity contribution is -0.131. The third kappa shape index (κ3) is 4.69. The van der Waals surface area contributed by atoms with Gasteiger partial charge in [0.2, 0.25) is 5.91 Å². The Bertz CT molecular complexity index is 1050. The number of sulfone groups is 1. The van der Waals surface area contributed by atoms with Crippen LogP contribution in [0.2, 0.25) is 0 Å². The van der Waals surface area contributed by atoms with Gasteiger partial charge in [0.25, 0.3) is 0 Å². The topological polar surface area (TPSA) is 81.2 Å². The van der Waals surface area contributed by atoms with Crippen molar-refractivity contribution >= 4 is 21.8 Å². The number of carbonyl (C=O) groups is 2. The van der Waals surface area contributed by atoms with Crippen LogP contribution in [-0.2, 0) is 20.2 Å². The molecule has 8 nitrogen and oxygen atoms in total. The number of hydrogen-bond acceptors (Lipinski definition) is 5. The van der Waals surface area contributed by atoms with E-state index in [0.29, 0.717) is 12.5 Å². The Morgan fingerprint density at radius 2 is 1.66 bits per heavy atom. The van der Waals surface area contributed by atoms with E-state index in [9.17, 15) is 18.0 Å². The van der Waals surface area contributed by atoms with Gasteiger partial charge in [-0.1, -0.05) is 30.3 Å². The van der Waals surface area contributed by atoms with Crippen molar-refractivity contribution in [3.63, 3.8) is 0 Å². The van der Waals surface area contributed by atoms with E-state index in [2.05, 4.69) is 54.2 Å². The van der Waals surface area contributed by atoms with E-state index in [1.807, 2.05) is 0 Å². The van der Waals surface area contributed by atoms with E-state index in [-0.39, 0.29) is 54.2 Å². The summed E-state index contributed by atoms with van der Waals surface area (Å²) in [6, 6.07) is 10.7. The largest absolute Gasteiger partial charge is 0.339 e. The number of hydrogen-bond donors (Lipinski definition) is 0. The van der Waals surface area contributed by atoms with Crippen molar-refractivity contribution in [1.29, 1.82) is 0 Å². The Kier molecular flexibility index (Phi) is 6.36. The standard InChI is InChI=1S/C26H38N4O4S/c1-27(2)26(22-6-4-3-5-7-22)12-10-25(11-13-26)20-29(24(32)30(25)18-21-8-9-21)19-23(31)28-14-16-35(33,34)17-15-28/h3-7,21H,8-20H2,1-2H3. The van der Waals surface area contributed by atoms with Crippen LogP contribution in [0.25, 0.3) is 0 Å². The van der Waals surface area contributed by atoms with Gasteiger partial charge in [0.05, 0.1) is 17.0 Å². The minimum absolute atomic E-state index is 0.0104. The summed E-state index contributed by atoms with van der Waals surface area (Å²) in [6.45, 7) is 1.85. The number of carbonyl (C=O) groups excluding carboxylic acids is 2. The van der Waals surface area contributed by atoms with Crippen molar-refractivity contribution in [1.82, 2.24) is 19.6 Å². The van der Waals surface area contributed by atoms with Gasteiger partial charge < -0.3 is 14.7 Å². The van der Waals surface area contributed by atoms with Crippen LogP contribution >= 0.6 is 0 Å². The van der Waals surface area contributed by atoms with Crippen LogP contribution in [0.15, 0.2) is 30.3 Å². The number of amides is 3. The minimum Gasteiger partial charge on any atom is -0.339 e. The van der Waals surface area contributed by atoms with Gasteiger partial charge in [0, 0.05) is 31.7 Å². The highest BCUT2D eigenvalue weighted by Crippen LogP contribution is 2.49. The smallest absolute Gasteiger partial charge is 0.321 e. The van der Waals surface area contributed by atoms with Gasteiger partial charge in [0.15, 0.2) is 9.84 Å². The first-order chi connectivity index (χ1) is 16.6. The average Bonchev–Trinajstić information content (AvgIpc) is 3.63. The van der Waals surface area contributed by atoms with E-state index >= 15 is 0 Å². The highest BCUT2D eigenvalue weighted by Gasteiger charge is 2.55. The van der Waals surface area contributed by atoms with Gasteiger partial charge in [-0.3, -0.25) is 9.69 Å². The van der Waals surface area contributed by atoms with Gasteiger partial charge in [-0.15, -0.1) is 0 Å².